The van der Waals surface area contributed by atoms with Crippen LogP contribution < -0.4 is 0 Å². The van der Waals surface area contributed by atoms with Crippen molar-refractivity contribution in [2.75, 3.05) is 18.5 Å². The molecule has 0 bridgehead atoms. The number of hydrogen-bond acceptors (Lipinski definition) is 1. The molecular formula is C27H57OP. The molecule has 0 aliphatic carbocycles. The standard InChI is InChI=1S/C27H57OP/c1-25(2)19-13-7-10-16-22-29(28,23-17-11-8-14-20-26(3)4)24-18-12-9-15-21-27(5)6/h25-27H,7-24H2,1-6H3. The van der Waals surface area contributed by atoms with E-state index in [0.717, 1.165) is 36.2 Å². The summed E-state index contributed by atoms with van der Waals surface area (Å²) in [5.41, 5.74) is 0. The second-order valence-corrected chi connectivity index (χ2v) is 14.5. The summed E-state index contributed by atoms with van der Waals surface area (Å²) in [6.07, 6.45) is 22.7. The van der Waals surface area contributed by atoms with Crippen molar-refractivity contribution in [1.82, 2.24) is 0 Å². The van der Waals surface area contributed by atoms with Crippen LogP contribution in [0.25, 0.3) is 0 Å². The Morgan fingerprint density at radius 1 is 0.414 bits per heavy atom. The fraction of sp³-hybridized carbons (Fsp3) is 1.00. The van der Waals surface area contributed by atoms with Crippen molar-refractivity contribution < 1.29 is 4.57 Å². The molecule has 176 valence electrons. The highest BCUT2D eigenvalue weighted by molar-refractivity contribution is 7.63. The summed E-state index contributed by atoms with van der Waals surface area (Å²) in [7, 11) is -1.92. The summed E-state index contributed by atoms with van der Waals surface area (Å²) in [4.78, 5) is 0. The van der Waals surface area contributed by atoms with Gasteiger partial charge in [0, 0.05) is 18.5 Å². The van der Waals surface area contributed by atoms with Crippen molar-refractivity contribution in [3.05, 3.63) is 0 Å². The second kappa shape index (κ2) is 19.0. The zero-order valence-electron chi connectivity index (χ0n) is 21.3. The zero-order chi connectivity index (χ0) is 22.0. The molecule has 0 aromatic heterocycles. The minimum atomic E-state index is -1.92. The first-order valence-electron chi connectivity index (χ1n) is 13.3. The van der Waals surface area contributed by atoms with E-state index in [4.69, 9.17) is 0 Å². The van der Waals surface area contributed by atoms with Gasteiger partial charge in [-0.3, -0.25) is 0 Å². The Bertz CT molecular complexity index is 329. The first-order chi connectivity index (χ1) is 13.7. The van der Waals surface area contributed by atoms with Crippen LogP contribution >= 0.6 is 7.14 Å². The van der Waals surface area contributed by atoms with Gasteiger partial charge in [0.15, 0.2) is 0 Å². The molecule has 0 aliphatic heterocycles. The third-order valence-corrected chi connectivity index (χ3v) is 9.69. The predicted molar refractivity (Wildman–Crippen MR) is 136 cm³/mol. The molecule has 0 atom stereocenters. The summed E-state index contributed by atoms with van der Waals surface area (Å²) < 4.78 is 13.6. The van der Waals surface area contributed by atoms with Gasteiger partial charge in [0.2, 0.25) is 0 Å². The van der Waals surface area contributed by atoms with Gasteiger partial charge in [0.1, 0.15) is 0 Å². The molecule has 0 fully saturated rings. The molecule has 0 unspecified atom stereocenters. The predicted octanol–water partition coefficient (Wildman–Crippen LogP) is 10.2. The first kappa shape index (κ1) is 29.2. The molecule has 0 aromatic rings. The van der Waals surface area contributed by atoms with Gasteiger partial charge in [-0.05, 0) is 37.0 Å². The molecule has 0 radical (unpaired) electrons. The number of rotatable bonds is 21. The van der Waals surface area contributed by atoms with E-state index in [0.29, 0.717) is 0 Å². The van der Waals surface area contributed by atoms with Gasteiger partial charge in [-0.15, -0.1) is 0 Å². The van der Waals surface area contributed by atoms with Crippen molar-refractivity contribution in [2.24, 2.45) is 17.8 Å². The molecule has 2 heteroatoms. The maximum absolute atomic E-state index is 13.6. The van der Waals surface area contributed by atoms with Crippen LogP contribution in [0.3, 0.4) is 0 Å². The van der Waals surface area contributed by atoms with Crippen LogP contribution in [0.1, 0.15) is 138 Å². The highest BCUT2D eigenvalue weighted by Crippen LogP contribution is 2.48. The lowest BCUT2D eigenvalue weighted by Crippen LogP contribution is -2.02. The highest BCUT2D eigenvalue weighted by Gasteiger charge is 2.20. The maximum atomic E-state index is 13.6. The van der Waals surface area contributed by atoms with Crippen LogP contribution in [-0.2, 0) is 4.57 Å². The van der Waals surface area contributed by atoms with Gasteiger partial charge in [-0.2, -0.15) is 0 Å². The lowest BCUT2D eigenvalue weighted by molar-refractivity contribution is 0.516. The molecule has 0 rings (SSSR count). The smallest absolute Gasteiger partial charge is 0.0877 e. The van der Waals surface area contributed by atoms with Gasteiger partial charge in [0.05, 0.1) is 7.14 Å². The van der Waals surface area contributed by atoms with Crippen LogP contribution in [-0.4, -0.2) is 18.5 Å². The topological polar surface area (TPSA) is 17.1 Å². The molecule has 0 spiro atoms. The third kappa shape index (κ3) is 21.3. The van der Waals surface area contributed by atoms with E-state index in [1.807, 2.05) is 0 Å². The number of unbranched alkanes of at least 4 members (excludes halogenated alkanes) is 9. The fourth-order valence-electron chi connectivity index (χ4n) is 4.25. The lowest BCUT2D eigenvalue weighted by atomic mass is 10.0. The average Bonchev–Trinajstić information content (AvgIpc) is 2.63. The Balaban J connectivity index is 4.15. The summed E-state index contributed by atoms with van der Waals surface area (Å²) in [6.45, 7) is 13.9. The van der Waals surface area contributed by atoms with Crippen molar-refractivity contribution in [3.8, 4) is 0 Å². The second-order valence-electron chi connectivity index (χ2n) is 11.0. The third-order valence-electron chi connectivity index (χ3n) is 6.29. The van der Waals surface area contributed by atoms with E-state index in [1.54, 1.807) is 0 Å². The molecule has 29 heavy (non-hydrogen) atoms. The summed E-state index contributed by atoms with van der Waals surface area (Å²) in [5, 5.41) is 0. The highest BCUT2D eigenvalue weighted by atomic mass is 31.2. The lowest BCUT2D eigenvalue weighted by Gasteiger charge is -2.19. The molecule has 0 aliphatic rings. The molecule has 0 saturated carbocycles. The van der Waals surface area contributed by atoms with Crippen molar-refractivity contribution in [2.45, 2.75) is 138 Å². The Labute approximate surface area is 186 Å². The van der Waals surface area contributed by atoms with Crippen molar-refractivity contribution >= 4 is 7.14 Å². The van der Waals surface area contributed by atoms with E-state index in [2.05, 4.69) is 41.5 Å². The van der Waals surface area contributed by atoms with Crippen LogP contribution in [0, 0.1) is 17.8 Å². The molecule has 1 nitrogen and oxygen atoms in total. The average molecular weight is 429 g/mol. The van der Waals surface area contributed by atoms with E-state index in [1.165, 1.54) is 96.3 Å². The monoisotopic (exact) mass is 428 g/mol. The SMILES string of the molecule is CC(C)CCCCCCP(=O)(CCCCCCC(C)C)CCCCCCC(C)C. The largest absolute Gasteiger partial charge is 0.324 e. The zero-order valence-corrected chi connectivity index (χ0v) is 22.2. The van der Waals surface area contributed by atoms with Gasteiger partial charge in [-0.1, -0.05) is 119 Å². The van der Waals surface area contributed by atoms with Crippen molar-refractivity contribution in [1.29, 1.82) is 0 Å². The quantitative estimate of drug-likeness (QED) is 0.131. The van der Waals surface area contributed by atoms with Crippen LogP contribution in [0.5, 0.6) is 0 Å². The summed E-state index contributed by atoms with van der Waals surface area (Å²) in [6, 6.07) is 0. The normalized spacial score (nSPS) is 12.6. The van der Waals surface area contributed by atoms with Gasteiger partial charge >= 0.3 is 0 Å². The van der Waals surface area contributed by atoms with Crippen LogP contribution in [0.4, 0.5) is 0 Å². The molecule has 0 heterocycles. The maximum Gasteiger partial charge on any atom is 0.0877 e. The fourth-order valence-corrected chi connectivity index (χ4v) is 7.32. The van der Waals surface area contributed by atoms with E-state index < -0.39 is 7.14 Å². The van der Waals surface area contributed by atoms with Gasteiger partial charge < -0.3 is 4.57 Å². The first-order valence-corrected chi connectivity index (χ1v) is 15.6. The minimum absolute atomic E-state index is 0.826. The Morgan fingerprint density at radius 3 is 0.897 bits per heavy atom. The van der Waals surface area contributed by atoms with Crippen molar-refractivity contribution in [3.63, 3.8) is 0 Å². The van der Waals surface area contributed by atoms with Crippen LogP contribution in [0.15, 0.2) is 0 Å². The van der Waals surface area contributed by atoms with E-state index in [-0.39, 0.29) is 0 Å². The van der Waals surface area contributed by atoms with E-state index in [9.17, 15) is 4.57 Å². The Morgan fingerprint density at radius 2 is 0.655 bits per heavy atom. The summed E-state index contributed by atoms with van der Waals surface area (Å²) in [5.74, 6) is 2.48. The summed E-state index contributed by atoms with van der Waals surface area (Å²) >= 11 is 0. The van der Waals surface area contributed by atoms with E-state index >= 15 is 0 Å². The molecule has 0 amide bonds. The molecule has 0 saturated heterocycles. The minimum Gasteiger partial charge on any atom is -0.324 e. The Kier molecular flexibility index (Phi) is 19.1. The van der Waals surface area contributed by atoms with Crippen LogP contribution in [0.2, 0.25) is 0 Å². The van der Waals surface area contributed by atoms with Gasteiger partial charge in [0.25, 0.3) is 0 Å². The molecule has 0 N–H and O–H groups in total. The number of hydrogen-bond donors (Lipinski definition) is 0. The van der Waals surface area contributed by atoms with Gasteiger partial charge in [-0.25, -0.2) is 0 Å². The molecule has 0 aromatic carbocycles. The Hall–Kier alpha value is 0.230. The molecular weight excluding hydrogens is 371 g/mol.